The third-order valence-electron chi connectivity index (χ3n) is 5.32. The lowest BCUT2D eigenvalue weighted by Gasteiger charge is -2.28. The van der Waals surface area contributed by atoms with Gasteiger partial charge in [-0.1, -0.05) is 48.5 Å². The molecule has 1 aromatic carbocycles. The van der Waals surface area contributed by atoms with E-state index < -0.39 is 0 Å². The first-order chi connectivity index (χ1) is 14.3. The number of carbonyl (C=O) groups excluding carboxylic acids is 1. The molecule has 0 N–H and O–H groups in total. The molecule has 0 saturated carbocycles. The predicted molar refractivity (Wildman–Crippen MR) is 117 cm³/mol. The van der Waals surface area contributed by atoms with Crippen LogP contribution in [0, 0.1) is 0 Å². The maximum absolute atomic E-state index is 13.1. The molecular formula is C23H27N3O2S. The number of aromatic nitrogens is 1. The number of benzene rings is 1. The molecule has 0 aliphatic carbocycles. The average Bonchev–Trinajstić information content (AvgIpc) is 3.45. The number of anilines is 1. The first-order valence-electron chi connectivity index (χ1n) is 10.4. The van der Waals surface area contributed by atoms with Crippen LogP contribution in [0.4, 0.5) is 5.88 Å². The van der Waals surface area contributed by atoms with E-state index in [4.69, 9.17) is 4.52 Å². The Morgan fingerprint density at radius 1 is 1.14 bits per heavy atom. The van der Waals surface area contributed by atoms with Crippen LogP contribution in [0.15, 0.2) is 52.4 Å². The van der Waals surface area contributed by atoms with Gasteiger partial charge < -0.3 is 14.3 Å². The summed E-state index contributed by atoms with van der Waals surface area (Å²) in [7, 11) is 0. The van der Waals surface area contributed by atoms with E-state index in [1.165, 1.54) is 17.8 Å². The molecule has 6 heteroatoms. The zero-order chi connectivity index (χ0) is 20.1. The van der Waals surface area contributed by atoms with E-state index in [-0.39, 0.29) is 5.91 Å². The van der Waals surface area contributed by atoms with Gasteiger partial charge in [-0.05, 0) is 37.1 Å². The standard InChI is InChI=1S/C23H27N3O2S/c1-2-13-26(22(27)20-12-9-16-29-20)17-19-21(18-10-5-3-6-11-18)24-28-23(19)25-14-7-4-8-15-25/h3,5-6,9-12,16H,2,4,7-8,13-15,17H2,1H3. The number of hydrogen-bond acceptors (Lipinski definition) is 5. The number of piperidine rings is 1. The zero-order valence-corrected chi connectivity index (χ0v) is 17.7. The van der Waals surface area contributed by atoms with Crippen LogP contribution in [0.3, 0.4) is 0 Å². The van der Waals surface area contributed by atoms with Crippen LogP contribution < -0.4 is 4.90 Å². The van der Waals surface area contributed by atoms with Gasteiger partial charge in [0.15, 0.2) is 0 Å². The van der Waals surface area contributed by atoms with Gasteiger partial charge in [-0.2, -0.15) is 0 Å². The largest absolute Gasteiger partial charge is 0.340 e. The molecular weight excluding hydrogens is 382 g/mol. The Bertz CT molecular complexity index is 915. The fourth-order valence-corrected chi connectivity index (χ4v) is 4.57. The molecule has 1 saturated heterocycles. The van der Waals surface area contributed by atoms with Crippen molar-refractivity contribution in [3.8, 4) is 11.3 Å². The van der Waals surface area contributed by atoms with Gasteiger partial charge in [0.1, 0.15) is 5.69 Å². The molecule has 0 radical (unpaired) electrons. The van der Waals surface area contributed by atoms with Gasteiger partial charge in [0, 0.05) is 25.2 Å². The number of thiophene rings is 1. The second-order valence-corrected chi connectivity index (χ2v) is 8.38. The van der Waals surface area contributed by atoms with Gasteiger partial charge >= 0.3 is 0 Å². The Balaban J connectivity index is 1.70. The Labute approximate surface area is 175 Å². The second kappa shape index (κ2) is 9.27. The van der Waals surface area contributed by atoms with Crippen molar-refractivity contribution in [1.29, 1.82) is 0 Å². The monoisotopic (exact) mass is 409 g/mol. The molecule has 5 nitrogen and oxygen atoms in total. The van der Waals surface area contributed by atoms with Crippen molar-refractivity contribution in [2.75, 3.05) is 24.5 Å². The fourth-order valence-electron chi connectivity index (χ4n) is 3.88. The van der Waals surface area contributed by atoms with Gasteiger partial charge in [0.2, 0.25) is 5.88 Å². The Kier molecular flexibility index (Phi) is 6.30. The molecule has 0 atom stereocenters. The average molecular weight is 410 g/mol. The minimum Gasteiger partial charge on any atom is -0.340 e. The van der Waals surface area contributed by atoms with Crippen molar-refractivity contribution < 1.29 is 9.32 Å². The normalized spacial score (nSPS) is 14.2. The molecule has 2 aromatic heterocycles. The molecule has 1 aliphatic heterocycles. The maximum Gasteiger partial charge on any atom is 0.264 e. The van der Waals surface area contributed by atoms with Crippen LogP contribution in [-0.2, 0) is 6.54 Å². The second-order valence-electron chi connectivity index (χ2n) is 7.43. The molecule has 1 fully saturated rings. The Morgan fingerprint density at radius 2 is 1.93 bits per heavy atom. The number of carbonyl (C=O) groups is 1. The van der Waals surface area contributed by atoms with Crippen molar-refractivity contribution >= 4 is 23.1 Å². The molecule has 0 spiro atoms. The highest BCUT2D eigenvalue weighted by atomic mass is 32.1. The zero-order valence-electron chi connectivity index (χ0n) is 16.8. The minimum atomic E-state index is 0.0756. The first kappa shape index (κ1) is 19.7. The van der Waals surface area contributed by atoms with Crippen LogP contribution in [0.2, 0.25) is 0 Å². The SMILES string of the molecule is CCCN(Cc1c(-c2ccccc2)noc1N1CCCCC1)C(=O)c1cccs1. The molecule has 29 heavy (non-hydrogen) atoms. The summed E-state index contributed by atoms with van der Waals surface area (Å²) >= 11 is 1.49. The molecule has 152 valence electrons. The maximum atomic E-state index is 13.1. The molecule has 3 aromatic rings. The van der Waals surface area contributed by atoms with Gasteiger partial charge in [-0.25, -0.2) is 0 Å². The van der Waals surface area contributed by atoms with Crippen LogP contribution in [0.1, 0.15) is 47.8 Å². The van der Waals surface area contributed by atoms with E-state index in [9.17, 15) is 4.79 Å². The van der Waals surface area contributed by atoms with Crippen molar-refractivity contribution in [1.82, 2.24) is 10.1 Å². The topological polar surface area (TPSA) is 49.6 Å². The summed E-state index contributed by atoms with van der Waals surface area (Å²) in [6.07, 6.45) is 4.48. The fraction of sp³-hybridized carbons (Fsp3) is 0.391. The summed E-state index contributed by atoms with van der Waals surface area (Å²) in [6.45, 7) is 5.26. The molecule has 0 unspecified atom stereocenters. The summed E-state index contributed by atoms with van der Waals surface area (Å²) in [6, 6.07) is 13.9. The van der Waals surface area contributed by atoms with Gasteiger partial charge in [0.05, 0.1) is 17.0 Å². The molecule has 3 heterocycles. The molecule has 1 aliphatic rings. The molecule has 0 bridgehead atoms. The molecule has 4 rings (SSSR count). The highest BCUT2D eigenvalue weighted by Crippen LogP contribution is 2.34. The van der Waals surface area contributed by atoms with E-state index in [0.717, 1.165) is 59.9 Å². The lowest BCUT2D eigenvalue weighted by Crippen LogP contribution is -2.33. The highest BCUT2D eigenvalue weighted by Gasteiger charge is 2.27. The van der Waals surface area contributed by atoms with Crippen LogP contribution >= 0.6 is 11.3 Å². The first-order valence-corrected chi connectivity index (χ1v) is 11.3. The summed E-state index contributed by atoms with van der Waals surface area (Å²) in [5.74, 6) is 0.898. The Morgan fingerprint density at radius 3 is 2.62 bits per heavy atom. The summed E-state index contributed by atoms with van der Waals surface area (Å²) < 4.78 is 5.88. The summed E-state index contributed by atoms with van der Waals surface area (Å²) in [5, 5.41) is 6.39. The Hall–Kier alpha value is -2.60. The third-order valence-corrected chi connectivity index (χ3v) is 6.18. The lowest BCUT2D eigenvalue weighted by molar-refractivity contribution is 0.0748. The number of hydrogen-bond donors (Lipinski definition) is 0. The minimum absolute atomic E-state index is 0.0756. The smallest absolute Gasteiger partial charge is 0.264 e. The predicted octanol–water partition coefficient (Wildman–Crippen LogP) is 5.45. The van der Waals surface area contributed by atoms with E-state index in [1.54, 1.807) is 0 Å². The van der Waals surface area contributed by atoms with Gasteiger partial charge in [-0.3, -0.25) is 4.79 Å². The highest BCUT2D eigenvalue weighted by molar-refractivity contribution is 7.12. The van der Waals surface area contributed by atoms with E-state index in [0.29, 0.717) is 13.1 Å². The van der Waals surface area contributed by atoms with Gasteiger partial charge in [0.25, 0.3) is 5.91 Å². The van der Waals surface area contributed by atoms with Crippen molar-refractivity contribution in [2.24, 2.45) is 0 Å². The number of rotatable bonds is 7. The van der Waals surface area contributed by atoms with Crippen LogP contribution in [0.25, 0.3) is 11.3 Å². The van der Waals surface area contributed by atoms with Crippen molar-refractivity contribution in [3.63, 3.8) is 0 Å². The van der Waals surface area contributed by atoms with E-state index in [2.05, 4.69) is 17.0 Å². The summed E-state index contributed by atoms with van der Waals surface area (Å²) in [4.78, 5) is 18.1. The van der Waals surface area contributed by atoms with Gasteiger partial charge in [-0.15, -0.1) is 11.3 Å². The number of nitrogens with zero attached hydrogens (tertiary/aromatic N) is 3. The van der Waals surface area contributed by atoms with Crippen LogP contribution in [0.5, 0.6) is 0 Å². The summed E-state index contributed by atoms with van der Waals surface area (Å²) in [5.41, 5.74) is 2.87. The number of amides is 1. The van der Waals surface area contributed by atoms with E-state index in [1.807, 2.05) is 52.7 Å². The third kappa shape index (κ3) is 4.37. The van der Waals surface area contributed by atoms with E-state index >= 15 is 0 Å². The van der Waals surface area contributed by atoms with Crippen molar-refractivity contribution in [2.45, 2.75) is 39.2 Å². The lowest BCUT2D eigenvalue weighted by atomic mass is 10.1. The van der Waals surface area contributed by atoms with Crippen LogP contribution in [-0.4, -0.2) is 35.6 Å². The van der Waals surface area contributed by atoms with Crippen molar-refractivity contribution in [3.05, 3.63) is 58.3 Å². The molecule has 1 amide bonds. The quantitative estimate of drug-likeness (QED) is 0.521.